The molecule has 1 aromatic carbocycles. The quantitative estimate of drug-likeness (QED) is 0.906. The second-order valence-electron chi connectivity index (χ2n) is 3.89. The van der Waals surface area contributed by atoms with Crippen molar-refractivity contribution in [1.82, 2.24) is 0 Å². The summed E-state index contributed by atoms with van der Waals surface area (Å²) in [4.78, 5) is 0. The summed E-state index contributed by atoms with van der Waals surface area (Å²) in [7, 11) is 0. The predicted octanol–water partition coefficient (Wildman–Crippen LogP) is 2.91. The molecule has 0 radical (unpaired) electrons. The Morgan fingerprint density at radius 2 is 2.38 bits per heavy atom. The van der Waals surface area contributed by atoms with Gasteiger partial charge in [-0.05, 0) is 41.4 Å². The van der Waals surface area contributed by atoms with E-state index in [0.29, 0.717) is 11.6 Å². The number of nitriles is 1. The van der Waals surface area contributed by atoms with Crippen molar-refractivity contribution in [2.45, 2.75) is 25.5 Å². The molecule has 0 amide bonds. The lowest BCUT2D eigenvalue weighted by atomic mass is 10.1. The molecule has 2 rings (SSSR count). The molecule has 0 saturated carbocycles. The Kier molecular flexibility index (Phi) is 3.47. The third-order valence-corrected chi connectivity index (χ3v) is 3.50. The molecule has 84 valence electrons. The molecule has 0 spiro atoms. The number of hydrogen-bond acceptors (Lipinski definition) is 3. The van der Waals surface area contributed by atoms with Crippen LogP contribution in [0.25, 0.3) is 0 Å². The van der Waals surface area contributed by atoms with Crippen LogP contribution in [0.15, 0.2) is 22.7 Å². The maximum Gasteiger partial charge on any atom is 0.103 e. The van der Waals surface area contributed by atoms with Crippen LogP contribution in [-0.4, -0.2) is 18.8 Å². The van der Waals surface area contributed by atoms with Gasteiger partial charge in [-0.15, -0.1) is 0 Å². The fourth-order valence-electron chi connectivity index (χ4n) is 1.88. The van der Waals surface area contributed by atoms with Crippen LogP contribution in [0.4, 0.5) is 5.69 Å². The molecular weight excluding hydrogens is 268 g/mol. The van der Waals surface area contributed by atoms with Gasteiger partial charge in [0.15, 0.2) is 0 Å². The SMILES string of the molecule is CC1OCCC1Nc1cccc(Br)c1C#N. The highest BCUT2D eigenvalue weighted by Gasteiger charge is 2.24. The number of rotatable bonds is 2. The molecule has 1 aliphatic heterocycles. The Hall–Kier alpha value is -1.05. The summed E-state index contributed by atoms with van der Waals surface area (Å²) in [5.41, 5.74) is 1.53. The standard InChI is InChI=1S/C12H13BrN2O/c1-8-11(5-6-16-8)15-12-4-2-3-10(13)9(12)7-14/h2-4,8,11,15H,5-6H2,1H3. The van der Waals surface area contributed by atoms with Gasteiger partial charge in [-0.2, -0.15) is 5.26 Å². The van der Waals surface area contributed by atoms with Crippen LogP contribution in [0.1, 0.15) is 18.9 Å². The molecule has 1 fully saturated rings. The molecule has 3 nitrogen and oxygen atoms in total. The zero-order chi connectivity index (χ0) is 11.5. The number of nitrogens with one attached hydrogen (secondary N) is 1. The second kappa shape index (κ2) is 4.86. The number of ether oxygens (including phenoxy) is 1. The highest BCUT2D eigenvalue weighted by molar-refractivity contribution is 9.10. The molecule has 1 N–H and O–H groups in total. The van der Waals surface area contributed by atoms with Gasteiger partial charge in [0.1, 0.15) is 6.07 Å². The van der Waals surface area contributed by atoms with Gasteiger partial charge in [0.2, 0.25) is 0 Å². The van der Waals surface area contributed by atoms with Crippen LogP contribution >= 0.6 is 15.9 Å². The second-order valence-corrected chi connectivity index (χ2v) is 4.74. The van der Waals surface area contributed by atoms with Gasteiger partial charge in [0.05, 0.1) is 23.4 Å². The fraction of sp³-hybridized carbons (Fsp3) is 0.417. The van der Waals surface area contributed by atoms with Gasteiger partial charge >= 0.3 is 0 Å². The first-order valence-electron chi connectivity index (χ1n) is 5.29. The Labute approximate surface area is 104 Å². The molecule has 16 heavy (non-hydrogen) atoms. The molecule has 1 aromatic rings. The van der Waals surface area contributed by atoms with Gasteiger partial charge in [0.25, 0.3) is 0 Å². The zero-order valence-corrected chi connectivity index (χ0v) is 10.6. The van der Waals surface area contributed by atoms with E-state index in [4.69, 9.17) is 10.00 Å². The van der Waals surface area contributed by atoms with Crippen LogP contribution in [0.3, 0.4) is 0 Å². The Morgan fingerprint density at radius 1 is 1.56 bits per heavy atom. The van der Waals surface area contributed by atoms with Gasteiger partial charge in [-0.25, -0.2) is 0 Å². The van der Waals surface area contributed by atoms with Crippen molar-refractivity contribution < 1.29 is 4.74 Å². The van der Waals surface area contributed by atoms with E-state index in [1.807, 2.05) is 18.2 Å². The lowest BCUT2D eigenvalue weighted by Crippen LogP contribution is -2.27. The molecule has 1 aliphatic rings. The zero-order valence-electron chi connectivity index (χ0n) is 9.03. The highest BCUT2D eigenvalue weighted by atomic mass is 79.9. The number of halogens is 1. The largest absolute Gasteiger partial charge is 0.379 e. The minimum Gasteiger partial charge on any atom is -0.379 e. The topological polar surface area (TPSA) is 45.0 Å². The maximum atomic E-state index is 9.09. The van der Waals surface area contributed by atoms with E-state index in [1.54, 1.807) is 0 Å². The molecule has 0 aromatic heterocycles. The van der Waals surface area contributed by atoms with Crippen molar-refractivity contribution in [1.29, 1.82) is 5.26 Å². The average molecular weight is 281 g/mol. The normalized spacial score (nSPS) is 24.1. The van der Waals surface area contributed by atoms with Crippen molar-refractivity contribution in [3.63, 3.8) is 0 Å². The summed E-state index contributed by atoms with van der Waals surface area (Å²) < 4.78 is 6.31. The molecule has 1 saturated heterocycles. The Bertz CT molecular complexity index is 428. The summed E-state index contributed by atoms with van der Waals surface area (Å²) in [6.45, 7) is 2.84. The first-order valence-corrected chi connectivity index (χ1v) is 6.08. The van der Waals surface area contributed by atoms with Gasteiger partial charge in [0, 0.05) is 11.1 Å². The van der Waals surface area contributed by atoms with Gasteiger partial charge in [-0.3, -0.25) is 0 Å². The van der Waals surface area contributed by atoms with Crippen molar-refractivity contribution in [2.24, 2.45) is 0 Å². The molecule has 0 bridgehead atoms. The fourth-order valence-corrected chi connectivity index (χ4v) is 2.33. The average Bonchev–Trinajstić information content (AvgIpc) is 2.65. The van der Waals surface area contributed by atoms with Crippen molar-refractivity contribution >= 4 is 21.6 Å². The maximum absolute atomic E-state index is 9.09. The van der Waals surface area contributed by atoms with Crippen LogP contribution < -0.4 is 5.32 Å². The number of hydrogen-bond donors (Lipinski definition) is 1. The number of nitrogens with zero attached hydrogens (tertiary/aromatic N) is 1. The molecule has 0 aliphatic carbocycles. The van der Waals surface area contributed by atoms with Crippen LogP contribution in [0, 0.1) is 11.3 Å². The van der Waals surface area contributed by atoms with Crippen LogP contribution in [0.2, 0.25) is 0 Å². The molecule has 2 atom stereocenters. The van der Waals surface area contributed by atoms with E-state index in [0.717, 1.165) is 23.2 Å². The lowest BCUT2D eigenvalue weighted by molar-refractivity contribution is 0.121. The summed E-state index contributed by atoms with van der Waals surface area (Å²) in [5.74, 6) is 0. The molecular formula is C12H13BrN2O. The number of benzene rings is 1. The van der Waals surface area contributed by atoms with Crippen LogP contribution in [0.5, 0.6) is 0 Å². The third kappa shape index (κ3) is 2.21. The van der Waals surface area contributed by atoms with Crippen molar-refractivity contribution in [3.05, 3.63) is 28.2 Å². The summed E-state index contributed by atoms with van der Waals surface area (Å²) >= 11 is 3.38. The van der Waals surface area contributed by atoms with E-state index in [2.05, 4.69) is 34.2 Å². The lowest BCUT2D eigenvalue weighted by Gasteiger charge is -2.18. The predicted molar refractivity (Wildman–Crippen MR) is 66.3 cm³/mol. The molecule has 2 unspecified atom stereocenters. The minimum absolute atomic E-state index is 0.200. The van der Waals surface area contributed by atoms with E-state index in [1.165, 1.54) is 0 Å². The minimum atomic E-state index is 0.200. The van der Waals surface area contributed by atoms with Crippen LogP contribution in [-0.2, 0) is 4.74 Å². The smallest absolute Gasteiger partial charge is 0.103 e. The van der Waals surface area contributed by atoms with Crippen molar-refractivity contribution in [2.75, 3.05) is 11.9 Å². The van der Waals surface area contributed by atoms with E-state index in [-0.39, 0.29) is 6.10 Å². The Balaban J connectivity index is 2.21. The summed E-state index contributed by atoms with van der Waals surface area (Å²) in [6.07, 6.45) is 1.18. The van der Waals surface area contributed by atoms with Gasteiger partial charge < -0.3 is 10.1 Å². The molecule has 4 heteroatoms. The monoisotopic (exact) mass is 280 g/mol. The summed E-state index contributed by atoms with van der Waals surface area (Å²) in [6, 6.07) is 8.22. The highest BCUT2D eigenvalue weighted by Crippen LogP contribution is 2.26. The third-order valence-electron chi connectivity index (χ3n) is 2.84. The Morgan fingerprint density at radius 3 is 3.00 bits per heavy atom. The molecule has 1 heterocycles. The van der Waals surface area contributed by atoms with E-state index >= 15 is 0 Å². The first-order chi connectivity index (χ1) is 7.72. The van der Waals surface area contributed by atoms with E-state index in [9.17, 15) is 0 Å². The van der Waals surface area contributed by atoms with E-state index < -0.39 is 0 Å². The summed E-state index contributed by atoms with van der Waals surface area (Å²) in [5, 5.41) is 12.5. The van der Waals surface area contributed by atoms with Gasteiger partial charge in [-0.1, -0.05) is 6.07 Å². The van der Waals surface area contributed by atoms with Crippen molar-refractivity contribution in [3.8, 4) is 6.07 Å². The number of anilines is 1. The first kappa shape index (κ1) is 11.4.